The Kier molecular flexibility index (Phi) is 7.02. The van der Waals surface area contributed by atoms with Gasteiger partial charge >= 0.3 is 5.92 Å². The Morgan fingerprint density at radius 1 is 1.12 bits per heavy atom. The summed E-state index contributed by atoms with van der Waals surface area (Å²) < 4.78 is 29.1. The highest BCUT2D eigenvalue weighted by atomic mass is 127. The van der Waals surface area contributed by atoms with Crippen molar-refractivity contribution in [1.29, 1.82) is 0 Å². The largest absolute Gasteiger partial charge is 0.342 e. The monoisotopic (exact) mass is 469 g/mol. The molecule has 26 heavy (non-hydrogen) atoms. The number of carbonyl (C=O) groups is 2. The van der Waals surface area contributed by atoms with Crippen molar-refractivity contribution in [1.82, 2.24) is 5.32 Å². The van der Waals surface area contributed by atoms with Crippen LogP contribution in [0.15, 0.2) is 67.3 Å². The minimum absolute atomic E-state index is 0.0107. The van der Waals surface area contributed by atoms with Crippen LogP contribution >= 0.6 is 22.6 Å². The van der Waals surface area contributed by atoms with E-state index in [4.69, 9.17) is 0 Å². The lowest BCUT2D eigenvalue weighted by atomic mass is 9.96. The summed E-state index contributed by atoms with van der Waals surface area (Å²) in [7, 11) is 0. The molecule has 136 valence electrons. The van der Waals surface area contributed by atoms with Gasteiger partial charge in [0.05, 0.1) is 6.04 Å². The van der Waals surface area contributed by atoms with E-state index in [9.17, 15) is 18.4 Å². The van der Waals surface area contributed by atoms with Gasteiger partial charge in [-0.05, 0) is 46.4 Å². The Hall–Kier alpha value is -2.09. The molecule has 0 radical (unpaired) electrons. The van der Waals surface area contributed by atoms with Crippen LogP contribution in [0.3, 0.4) is 0 Å². The summed E-state index contributed by atoms with van der Waals surface area (Å²) in [6, 6.07) is 14.0. The van der Waals surface area contributed by atoms with E-state index >= 15 is 0 Å². The van der Waals surface area contributed by atoms with Crippen LogP contribution in [0.25, 0.3) is 0 Å². The molecule has 0 saturated heterocycles. The van der Waals surface area contributed by atoms with Crippen molar-refractivity contribution in [3.05, 3.63) is 81.9 Å². The van der Waals surface area contributed by atoms with E-state index in [0.717, 1.165) is 9.65 Å². The van der Waals surface area contributed by atoms with Gasteiger partial charge in [0.15, 0.2) is 0 Å². The molecule has 1 N–H and O–H groups in total. The predicted molar refractivity (Wildman–Crippen MR) is 105 cm³/mol. The first-order valence-corrected chi connectivity index (χ1v) is 9.05. The second-order valence-corrected chi connectivity index (χ2v) is 6.91. The second-order valence-electron chi connectivity index (χ2n) is 5.75. The molecule has 1 unspecified atom stereocenters. The van der Waals surface area contributed by atoms with Crippen LogP contribution in [-0.4, -0.2) is 23.7 Å². The zero-order chi connectivity index (χ0) is 19.2. The fraction of sp³-hybridized carbons (Fsp3) is 0.200. The van der Waals surface area contributed by atoms with Crippen molar-refractivity contribution in [2.75, 3.05) is 0 Å². The molecule has 2 rings (SSSR count). The van der Waals surface area contributed by atoms with Crippen LogP contribution in [0.1, 0.15) is 22.3 Å². The number of alkyl halides is 2. The topological polar surface area (TPSA) is 46.2 Å². The van der Waals surface area contributed by atoms with E-state index in [0.29, 0.717) is 11.1 Å². The summed E-state index contributed by atoms with van der Waals surface area (Å²) in [5.41, 5.74) is 1.02. The summed E-state index contributed by atoms with van der Waals surface area (Å²) in [5.74, 6) is -5.47. The summed E-state index contributed by atoms with van der Waals surface area (Å²) in [5, 5.41) is 2.47. The number of halogens is 3. The van der Waals surface area contributed by atoms with Crippen LogP contribution in [-0.2, 0) is 11.2 Å². The Labute approximate surface area is 164 Å². The molecule has 2 aromatic rings. The SMILES string of the molecule is C=CCC(F)(F)C(=O)C(Cc1ccccc1I)NC(=O)c1ccccc1. The van der Waals surface area contributed by atoms with Crippen molar-refractivity contribution < 1.29 is 18.4 Å². The van der Waals surface area contributed by atoms with Crippen molar-refractivity contribution >= 4 is 34.3 Å². The first kappa shape index (κ1) is 20.2. The molecule has 3 nitrogen and oxygen atoms in total. The van der Waals surface area contributed by atoms with Crippen LogP contribution in [0, 0.1) is 3.57 Å². The fourth-order valence-corrected chi connectivity index (χ4v) is 3.07. The van der Waals surface area contributed by atoms with Gasteiger partial charge in [-0.2, -0.15) is 8.78 Å². The van der Waals surface area contributed by atoms with E-state index in [1.165, 1.54) is 0 Å². The third-order valence-corrected chi connectivity index (χ3v) is 4.85. The molecular weight excluding hydrogens is 451 g/mol. The molecule has 0 spiro atoms. The Balaban J connectivity index is 2.29. The first-order valence-electron chi connectivity index (χ1n) is 7.97. The number of rotatable bonds is 8. The summed E-state index contributed by atoms with van der Waals surface area (Å²) in [4.78, 5) is 24.8. The van der Waals surface area contributed by atoms with Crippen LogP contribution in [0.2, 0.25) is 0 Å². The van der Waals surface area contributed by atoms with Gasteiger partial charge in [0, 0.05) is 22.0 Å². The average Bonchev–Trinajstić information content (AvgIpc) is 2.63. The third kappa shape index (κ3) is 5.20. The minimum atomic E-state index is -3.59. The highest BCUT2D eigenvalue weighted by Gasteiger charge is 2.42. The van der Waals surface area contributed by atoms with Gasteiger partial charge < -0.3 is 5.32 Å². The molecule has 0 aliphatic rings. The molecule has 0 aliphatic heterocycles. The zero-order valence-electron chi connectivity index (χ0n) is 13.9. The molecule has 1 amide bonds. The quantitative estimate of drug-likeness (QED) is 0.460. The number of amides is 1. The molecule has 0 aromatic heterocycles. The maximum atomic E-state index is 14.1. The average molecular weight is 469 g/mol. The Morgan fingerprint density at radius 2 is 1.73 bits per heavy atom. The van der Waals surface area contributed by atoms with E-state index < -0.39 is 30.1 Å². The second kappa shape index (κ2) is 9.02. The first-order chi connectivity index (χ1) is 12.3. The van der Waals surface area contributed by atoms with Gasteiger partial charge in [-0.15, -0.1) is 6.58 Å². The van der Waals surface area contributed by atoms with Gasteiger partial charge in [0.2, 0.25) is 5.78 Å². The van der Waals surface area contributed by atoms with Crippen LogP contribution in [0.5, 0.6) is 0 Å². The predicted octanol–water partition coefficient (Wildman–Crippen LogP) is 4.41. The van der Waals surface area contributed by atoms with Crippen molar-refractivity contribution in [2.24, 2.45) is 0 Å². The minimum Gasteiger partial charge on any atom is -0.342 e. The number of ketones is 1. The van der Waals surface area contributed by atoms with Gasteiger partial charge in [-0.1, -0.05) is 42.5 Å². The van der Waals surface area contributed by atoms with E-state index in [1.54, 1.807) is 42.5 Å². The van der Waals surface area contributed by atoms with E-state index in [-0.39, 0.29) is 6.42 Å². The van der Waals surface area contributed by atoms with Gasteiger partial charge in [0.25, 0.3) is 5.91 Å². The number of hydrogen-bond acceptors (Lipinski definition) is 2. The smallest absolute Gasteiger partial charge is 0.310 e. The zero-order valence-corrected chi connectivity index (χ0v) is 16.1. The highest BCUT2D eigenvalue weighted by molar-refractivity contribution is 14.1. The maximum absolute atomic E-state index is 14.1. The van der Waals surface area contributed by atoms with E-state index in [2.05, 4.69) is 34.5 Å². The number of carbonyl (C=O) groups excluding carboxylic acids is 2. The third-order valence-electron chi connectivity index (χ3n) is 3.80. The molecule has 0 fully saturated rings. The number of nitrogens with one attached hydrogen (secondary N) is 1. The van der Waals surface area contributed by atoms with Gasteiger partial charge in [0.1, 0.15) is 0 Å². The van der Waals surface area contributed by atoms with Gasteiger partial charge in [-0.25, -0.2) is 0 Å². The number of benzene rings is 2. The molecular formula is C20H18F2INO2. The number of hydrogen-bond donors (Lipinski definition) is 1. The van der Waals surface area contributed by atoms with Crippen molar-refractivity contribution in [3.8, 4) is 0 Å². The summed E-state index contributed by atoms with van der Waals surface area (Å²) in [6.07, 6.45) is 0.221. The lowest BCUT2D eigenvalue weighted by molar-refractivity contribution is -0.144. The van der Waals surface area contributed by atoms with E-state index in [1.807, 2.05) is 12.1 Å². The molecule has 0 aliphatic carbocycles. The molecule has 6 heteroatoms. The van der Waals surface area contributed by atoms with Crippen LogP contribution in [0.4, 0.5) is 8.78 Å². The Bertz CT molecular complexity index is 793. The Morgan fingerprint density at radius 3 is 2.35 bits per heavy atom. The molecule has 0 saturated carbocycles. The molecule has 0 bridgehead atoms. The van der Waals surface area contributed by atoms with Crippen molar-refractivity contribution in [3.63, 3.8) is 0 Å². The fourth-order valence-electron chi connectivity index (χ4n) is 2.46. The van der Waals surface area contributed by atoms with Crippen LogP contribution < -0.4 is 5.32 Å². The number of allylic oxidation sites excluding steroid dienone is 1. The van der Waals surface area contributed by atoms with Gasteiger partial charge in [-0.3, -0.25) is 9.59 Å². The van der Waals surface area contributed by atoms with Crippen molar-refractivity contribution in [2.45, 2.75) is 24.8 Å². The molecule has 2 aromatic carbocycles. The summed E-state index contributed by atoms with van der Waals surface area (Å²) >= 11 is 2.07. The lowest BCUT2D eigenvalue weighted by Crippen LogP contribution is -2.49. The normalized spacial score (nSPS) is 12.3. The maximum Gasteiger partial charge on any atom is 0.310 e. The molecule has 0 heterocycles. The lowest BCUT2D eigenvalue weighted by Gasteiger charge is -2.23. The number of Topliss-reactive ketones (excluding diaryl/α,β-unsaturated/α-hetero) is 1. The standard InChI is InChI=1S/C20H18F2INO2/c1-2-12-20(21,22)18(25)17(13-15-10-6-7-11-16(15)23)24-19(26)14-8-4-3-5-9-14/h2-11,17H,1,12-13H2,(H,24,26). The summed E-state index contributed by atoms with van der Waals surface area (Å²) in [6.45, 7) is 3.27. The molecule has 1 atom stereocenters. The highest BCUT2D eigenvalue weighted by Crippen LogP contribution is 2.24.